The molecule has 8 aromatic heterocycles. The first kappa shape index (κ1) is 84.3. The van der Waals surface area contributed by atoms with Crippen molar-refractivity contribution in [2.45, 2.75) is 83.7 Å². The number of hydrogen-bond acceptors (Lipinski definition) is 16. The average Bonchev–Trinajstić information content (AvgIpc) is 1.63. The third-order valence-corrected chi connectivity index (χ3v) is 23.6. The van der Waals surface area contributed by atoms with Crippen molar-refractivity contribution in [3.63, 3.8) is 0 Å². The number of halogens is 10. The molecule has 16 aromatic rings. The van der Waals surface area contributed by atoms with Crippen LogP contribution >= 0.6 is 46.4 Å². The lowest BCUT2D eigenvalue weighted by Gasteiger charge is -2.15. The highest BCUT2D eigenvalue weighted by Gasteiger charge is 2.34. The Balaban J connectivity index is 0.000000118. The summed E-state index contributed by atoms with van der Waals surface area (Å²) >= 11 is 27.3. The monoisotopic (exact) mass is 1760 g/mol. The Hall–Kier alpha value is -12.9. The van der Waals surface area contributed by atoms with Gasteiger partial charge in [0.05, 0.1) is 73.9 Å². The van der Waals surface area contributed by atoms with Crippen LogP contribution in [0.25, 0.3) is 134 Å². The topological polar surface area (TPSA) is 245 Å². The van der Waals surface area contributed by atoms with Gasteiger partial charge in [0.2, 0.25) is 17.7 Å². The molecule has 4 atom stereocenters. The van der Waals surface area contributed by atoms with Gasteiger partial charge in [-0.3, -0.25) is 14.4 Å². The predicted octanol–water partition coefficient (Wildman–Crippen LogP) is 19.0. The molecule has 1 unspecified atom stereocenters. The van der Waals surface area contributed by atoms with Crippen molar-refractivity contribution < 1.29 is 45.5 Å². The van der Waals surface area contributed by atoms with E-state index in [4.69, 9.17) is 56.2 Å². The van der Waals surface area contributed by atoms with Gasteiger partial charge in [0.25, 0.3) is 0 Å². The Labute approximate surface area is 731 Å². The van der Waals surface area contributed by atoms with Gasteiger partial charge in [0.15, 0.2) is 22.6 Å². The highest BCUT2D eigenvalue weighted by molar-refractivity contribution is 6.40. The van der Waals surface area contributed by atoms with Crippen LogP contribution in [-0.4, -0.2) is 183 Å². The van der Waals surface area contributed by atoms with Crippen LogP contribution in [-0.2, 0) is 38.8 Å². The molecule has 0 aliphatic carbocycles. The van der Waals surface area contributed by atoms with Gasteiger partial charge in [-0.2, -0.15) is 20.4 Å². The number of nitrogens with zero attached hydrogens (tertiary/aromatic N) is 19. The number of aromatic nitrogens is 16. The van der Waals surface area contributed by atoms with Crippen LogP contribution < -0.4 is 0 Å². The SMILES string of the molecule is Cc1cc(-c2nn(CC(=O)N3CC[C@@H](F)C3)c3nnc(-c4ccccc4)c(Cl)c23)ccc1F.Cc1ccc(F)cc1-c1nn(CC(=O)N2CC[C@@H](F)C2)c2nnc(-c3ccccc3)c(Cl)c12.Clc1c(-c2ccccc2)nnc2c1c(-c1ccccc1)nn2C1CCOC1.O=C(Cn1nc(-c2ccc(F)cc2)c2c(Cl)c(-c3ccccc3)nnc21)N1CC[C@@H](F)C1. The molecule has 23 nitrogen and oxygen atoms in total. The summed E-state index contributed by atoms with van der Waals surface area (Å²) in [6.07, 6.45) is -1.14. The molecule has 0 radical (unpaired) electrons. The van der Waals surface area contributed by atoms with E-state index in [1.165, 1.54) is 59.1 Å². The van der Waals surface area contributed by atoms with Crippen LogP contribution in [0.3, 0.4) is 0 Å². The molecule has 8 aromatic carbocycles. The maximum atomic E-state index is 14.1. The Kier molecular flexibility index (Phi) is 24.9. The second kappa shape index (κ2) is 36.9. The second-order valence-electron chi connectivity index (χ2n) is 30.5. The number of ether oxygens (including phenoxy) is 1. The van der Waals surface area contributed by atoms with Crippen LogP contribution in [0, 0.1) is 31.3 Å². The number of likely N-dealkylation sites (tertiary alicyclic amines) is 3. The lowest BCUT2D eigenvalue weighted by molar-refractivity contribution is -0.131. The van der Waals surface area contributed by atoms with E-state index >= 15 is 0 Å². The molecule has 0 spiro atoms. The van der Waals surface area contributed by atoms with Crippen molar-refractivity contribution in [3.8, 4) is 90.1 Å². The van der Waals surface area contributed by atoms with Crippen LogP contribution in [0.2, 0.25) is 20.1 Å². The van der Waals surface area contributed by atoms with Gasteiger partial charge in [-0.25, -0.2) is 45.1 Å². The molecule has 4 aliphatic rings. The molecule has 4 aliphatic heterocycles. The quantitative estimate of drug-likeness (QED) is 0.0866. The number of carbonyl (C=O) groups is 3. The Morgan fingerprint density at radius 3 is 1.07 bits per heavy atom. The zero-order valence-electron chi connectivity index (χ0n) is 67.0. The molecule has 20 rings (SSSR count). The molecule has 0 N–H and O–H groups in total. The number of aryl methyl sites for hydroxylation is 2. The lowest BCUT2D eigenvalue weighted by atomic mass is 10.0. The number of amides is 3. The van der Waals surface area contributed by atoms with Gasteiger partial charge >= 0.3 is 0 Å². The zero-order chi connectivity index (χ0) is 86.7. The van der Waals surface area contributed by atoms with Gasteiger partial charge in [-0.05, 0) is 105 Å². The number of alkyl halides is 3. The predicted molar refractivity (Wildman–Crippen MR) is 467 cm³/mol. The molecule has 4 fully saturated rings. The van der Waals surface area contributed by atoms with Crippen LogP contribution in [0.1, 0.15) is 42.9 Å². The van der Waals surface area contributed by atoms with Crippen molar-refractivity contribution in [1.29, 1.82) is 0 Å². The smallest absolute Gasteiger partial charge is 0.244 e. The average molecular weight is 1770 g/mol. The summed E-state index contributed by atoms with van der Waals surface area (Å²) in [5.74, 6) is -1.91. The largest absolute Gasteiger partial charge is 0.379 e. The van der Waals surface area contributed by atoms with Gasteiger partial charge < -0.3 is 19.4 Å². The van der Waals surface area contributed by atoms with E-state index in [0.29, 0.717) is 166 Å². The van der Waals surface area contributed by atoms with Crippen LogP contribution in [0.15, 0.2) is 212 Å². The molecule has 0 bridgehead atoms. The van der Waals surface area contributed by atoms with Gasteiger partial charge in [0.1, 0.15) is 101 Å². The first-order chi connectivity index (χ1) is 60.7. The van der Waals surface area contributed by atoms with Crippen molar-refractivity contribution >= 4 is 108 Å². The number of fused-ring (bicyclic) bond motifs is 4. The maximum Gasteiger partial charge on any atom is 0.244 e. The number of hydrogen-bond donors (Lipinski definition) is 0. The third-order valence-electron chi connectivity index (χ3n) is 22.1. The Morgan fingerprint density at radius 2 is 0.696 bits per heavy atom. The summed E-state index contributed by atoms with van der Waals surface area (Å²) in [5, 5.41) is 57.5. The summed E-state index contributed by atoms with van der Waals surface area (Å²) in [6, 6.07) is 63.1. The molecule has 4 saturated heterocycles. The number of rotatable bonds is 15. The Morgan fingerprint density at radius 1 is 0.360 bits per heavy atom. The number of benzene rings is 8. The molecular weight excluding hydrogens is 1690 g/mol. The molecule has 125 heavy (non-hydrogen) atoms. The first-order valence-corrected chi connectivity index (χ1v) is 41.8. The minimum Gasteiger partial charge on any atom is -0.379 e. The van der Waals surface area contributed by atoms with E-state index in [9.17, 15) is 40.7 Å². The molecular formula is C92H75Cl4F6N19O4. The fourth-order valence-electron chi connectivity index (χ4n) is 15.6. The lowest BCUT2D eigenvalue weighted by Crippen LogP contribution is -2.32. The molecule has 33 heteroatoms. The minimum absolute atomic E-state index is 0.0679. The first-order valence-electron chi connectivity index (χ1n) is 40.3. The minimum atomic E-state index is -1.02. The van der Waals surface area contributed by atoms with Crippen molar-refractivity contribution in [3.05, 3.63) is 261 Å². The van der Waals surface area contributed by atoms with Crippen LogP contribution in [0.5, 0.6) is 0 Å². The van der Waals surface area contributed by atoms with E-state index in [1.807, 2.05) is 163 Å². The van der Waals surface area contributed by atoms with Crippen molar-refractivity contribution in [1.82, 2.24) is 94.6 Å². The number of carbonyl (C=O) groups excluding carboxylic acids is 3. The summed E-state index contributed by atoms with van der Waals surface area (Å²) < 4.78 is 94.1. The third kappa shape index (κ3) is 17.7. The summed E-state index contributed by atoms with van der Waals surface area (Å²) in [7, 11) is 0. The summed E-state index contributed by atoms with van der Waals surface area (Å²) in [6.45, 7) is 5.80. The van der Waals surface area contributed by atoms with Crippen molar-refractivity contribution in [2.24, 2.45) is 0 Å². The molecule has 3 amide bonds. The fraction of sp³-hybridized carbons (Fsp3) is 0.228. The maximum absolute atomic E-state index is 14.1. The molecule has 0 saturated carbocycles. The van der Waals surface area contributed by atoms with Crippen LogP contribution in [0.4, 0.5) is 26.3 Å². The molecule has 632 valence electrons. The zero-order valence-corrected chi connectivity index (χ0v) is 70.1. The molecule has 12 heterocycles. The highest BCUT2D eigenvalue weighted by Crippen LogP contribution is 2.44. The van der Waals surface area contributed by atoms with E-state index in [-0.39, 0.29) is 74.7 Å². The second-order valence-corrected chi connectivity index (χ2v) is 32.0. The van der Waals surface area contributed by atoms with Gasteiger partial charge in [0, 0.05) is 70.7 Å². The van der Waals surface area contributed by atoms with E-state index in [2.05, 4.69) is 56.1 Å². The van der Waals surface area contributed by atoms with Gasteiger partial charge in [-0.1, -0.05) is 204 Å². The van der Waals surface area contributed by atoms with E-state index < -0.39 is 24.3 Å². The normalized spacial score (nSPS) is 16.2. The standard InChI is InChI=1S/2C24H20ClF2N5O.C23H18ClF2N5O.C21H17ClN4O/c1-14-11-16(7-8-18(14)27)22-20-21(25)23(15-5-3-2-4-6-15)28-29-24(20)32(30-22)13-19(33)31-10-9-17(26)12-31;1-14-7-8-16(26)11-18(14)23-20-21(25)22(15-5-3-2-4-6-15)28-29-24(20)32(30-23)13-19(33)31-10-9-17(27)12-31;24-20-19-21(15-6-8-16(25)9-7-15)29-31(13-18(32)30-11-10-17(26)12-30)23(19)28-27-22(20)14-4-2-1-3-5-14;22-18-17-19(14-7-3-1-4-8-14)25-26(16-11-12-27-13-16)21(17)24-23-20(18)15-9-5-2-6-10-15/h2*2-8,11,17H,9-10,12-13H2,1H3;1-9,17H,10-13H2;1-10,16H,11-13H2/t3*17-;/m111./s1. The van der Waals surface area contributed by atoms with E-state index in [1.54, 1.807) is 37.3 Å². The summed E-state index contributed by atoms with van der Waals surface area (Å²) in [4.78, 5) is 42.8. The van der Waals surface area contributed by atoms with E-state index in [0.717, 1.165) is 57.5 Å². The van der Waals surface area contributed by atoms with Crippen molar-refractivity contribution in [2.75, 3.05) is 52.5 Å². The summed E-state index contributed by atoms with van der Waals surface area (Å²) in [5.41, 5.74) is 13.3. The Bertz CT molecular complexity index is 6700. The highest BCUT2D eigenvalue weighted by atomic mass is 35.5. The fourth-order valence-corrected chi connectivity index (χ4v) is 16.9. The van der Waals surface area contributed by atoms with Gasteiger partial charge in [-0.15, -0.1) is 40.8 Å².